The predicted molar refractivity (Wildman–Crippen MR) is 162 cm³/mol. The lowest BCUT2D eigenvalue weighted by atomic mass is 10.2. The fraction of sp³-hybridized carbons (Fsp3) is 0.933. The maximum atomic E-state index is 11.5. The molecule has 0 aliphatic heterocycles. The Labute approximate surface area is 268 Å². The topological polar surface area (TPSA) is 165 Å². The number of carboxylic acid groups (broad SMARTS) is 1. The van der Waals surface area contributed by atoms with E-state index in [1.807, 2.05) is 20.8 Å². The van der Waals surface area contributed by atoms with E-state index < -0.39 is 11.6 Å². The average Bonchev–Trinajstić information content (AvgIpc) is 2.98. The van der Waals surface area contributed by atoms with Crippen molar-refractivity contribution in [3.63, 3.8) is 0 Å². The van der Waals surface area contributed by atoms with Crippen LogP contribution in [-0.2, 0) is 66.4 Å². The van der Waals surface area contributed by atoms with Crippen LogP contribution in [0.25, 0.3) is 0 Å². The average molecular weight is 659 g/mol. The molecule has 0 aromatic heterocycles. The molecular formula is C30H58O15. The summed E-state index contributed by atoms with van der Waals surface area (Å²) in [6, 6.07) is 0. The molecule has 15 nitrogen and oxygen atoms in total. The van der Waals surface area contributed by atoms with Crippen molar-refractivity contribution in [3.8, 4) is 0 Å². The van der Waals surface area contributed by atoms with Gasteiger partial charge in [0.15, 0.2) is 0 Å². The highest BCUT2D eigenvalue weighted by Crippen LogP contribution is 2.08. The molecule has 1 N–H and O–H groups in total. The molecule has 15 heteroatoms. The van der Waals surface area contributed by atoms with E-state index in [0.717, 1.165) is 0 Å². The van der Waals surface area contributed by atoms with Gasteiger partial charge in [-0.15, -0.1) is 0 Å². The molecule has 0 radical (unpaired) electrons. The van der Waals surface area contributed by atoms with E-state index in [-0.39, 0.29) is 25.4 Å². The van der Waals surface area contributed by atoms with Gasteiger partial charge in [-0.05, 0) is 20.8 Å². The van der Waals surface area contributed by atoms with Crippen LogP contribution in [0.3, 0.4) is 0 Å². The van der Waals surface area contributed by atoms with Crippen molar-refractivity contribution >= 4 is 11.9 Å². The largest absolute Gasteiger partial charge is 0.481 e. The number of carboxylic acids is 1. The van der Waals surface area contributed by atoms with Crippen molar-refractivity contribution in [3.05, 3.63) is 0 Å². The quantitative estimate of drug-likeness (QED) is 0.0757. The molecule has 0 aliphatic rings. The Morgan fingerprint density at radius 3 is 0.778 bits per heavy atom. The summed E-state index contributed by atoms with van der Waals surface area (Å²) in [7, 11) is 0. The number of aliphatic carboxylic acids is 1. The highest BCUT2D eigenvalue weighted by Gasteiger charge is 2.15. The molecule has 0 amide bonds. The molecule has 0 fully saturated rings. The summed E-state index contributed by atoms with van der Waals surface area (Å²) in [5, 5.41) is 8.48. The molecule has 268 valence electrons. The second-order valence-electron chi connectivity index (χ2n) is 10.2. The van der Waals surface area contributed by atoms with Crippen LogP contribution in [0.1, 0.15) is 33.6 Å². The minimum Gasteiger partial charge on any atom is -0.481 e. The summed E-state index contributed by atoms with van der Waals surface area (Å²) in [4.78, 5) is 21.9. The molecule has 0 bridgehead atoms. The van der Waals surface area contributed by atoms with Crippen LogP contribution in [0.4, 0.5) is 0 Å². The number of hydrogen-bond acceptors (Lipinski definition) is 14. The minimum absolute atomic E-state index is 0.00543. The van der Waals surface area contributed by atoms with Gasteiger partial charge in [-0.1, -0.05) is 0 Å². The molecule has 45 heavy (non-hydrogen) atoms. The molecule has 0 unspecified atom stereocenters. The van der Waals surface area contributed by atoms with Gasteiger partial charge in [-0.25, -0.2) is 0 Å². The third-order valence-electron chi connectivity index (χ3n) is 5.05. The summed E-state index contributed by atoms with van der Waals surface area (Å²) in [5.41, 5.74) is -0.478. The molecule has 0 aromatic rings. The first-order valence-electron chi connectivity index (χ1n) is 15.6. The first-order valence-corrected chi connectivity index (χ1v) is 15.6. The van der Waals surface area contributed by atoms with Gasteiger partial charge in [-0.3, -0.25) is 9.59 Å². The van der Waals surface area contributed by atoms with Crippen LogP contribution in [0, 0.1) is 0 Å². The summed E-state index contributed by atoms with van der Waals surface area (Å²) in [5.74, 6) is -1.15. The van der Waals surface area contributed by atoms with Gasteiger partial charge in [-0.2, -0.15) is 0 Å². The van der Waals surface area contributed by atoms with Gasteiger partial charge in [0.2, 0.25) is 0 Å². The zero-order chi connectivity index (χ0) is 33.1. The fourth-order valence-electron chi connectivity index (χ4n) is 3.01. The fourth-order valence-corrected chi connectivity index (χ4v) is 3.01. The van der Waals surface area contributed by atoms with Crippen molar-refractivity contribution in [2.24, 2.45) is 0 Å². The number of carbonyl (C=O) groups excluding carboxylic acids is 1. The van der Waals surface area contributed by atoms with Gasteiger partial charge in [0.05, 0.1) is 158 Å². The summed E-state index contributed by atoms with van der Waals surface area (Å²) in [6.07, 6.45) is 0.222. The van der Waals surface area contributed by atoms with Crippen molar-refractivity contribution in [1.82, 2.24) is 0 Å². The van der Waals surface area contributed by atoms with Gasteiger partial charge in [0.1, 0.15) is 5.60 Å². The number of carbonyl (C=O) groups is 2. The van der Waals surface area contributed by atoms with E-state index in [1.165, 1.54) is 0 Å². The molecule has 0 aromatic carbocycles. The molecule has 0 rings (SSSR count). The van der Waals surface area contributed by atoms with Gasteiger partial charge in [0, 0.05) is 0 Å². The second kappa shape index (κ2) is 33.9. The molecule has 0 heterocycles. The predicted octanol–water partition coefficient (Wildman–Crippen LogP) is 1.38. The van der Waals surface area contributed by atoms with Gasteiger partial charge in [0.25, 0.3) is 0 Å². The highest BCUT2D eigenvalue weighted by molar-refractivity contribution is 5.69. The molecule has 0 saturated carbocycles. The third kappa shape index (κ3) is 40.5. The summed E-state index contributed by atoms with van der Waals surface area (Å²) < 4.78 is 64.4. The lowest BCUT2D eigenvalue weighted by molar-refractivity contribution is -0.156. The molecule has 0 atom stereocenters. The van der Waals surface area contributed by atoms with Crippen LogP contribution in [0.2, 0.25) is 0 Å². The van der Waals surface area contributed by atoms with Crippen molar-refractivity contribution in [2.45, 2.75) is 39.2 Å². The van der Waals surface area contributed by atoms with Gasteiger partial charge < -0.3 is 61.9 Å². The Morgan fingerprint density at radius 2 is 0.578 bits per heavy atom. The number of hydrogen-bond donors (Lipinski definition) is 1. The van der Waals surface area contributed by atoms with Crippen LogP contribution in [-0.4, -0.2) is 168 Å². The SMILES string of the molecule is CC(C)(C)OC(=O)CCOCCOCCOCCOCCOCCOCCOCCOCCOCCOCCOCCC(=O)O. The van der Waals surface area contributed by atoms with Crippen LogP contribution >= 0.6 is 0 Å². The van der Waals surface area contributed by atoms with E-state index in [0.29, 0.717) is 139 Å². The Bertz CT molecular complexity index is 645. The Kier molecular flexibility index (Phi) is 32.7. The van der Waals surface area contributed by atoms with E-state index in [4.69, 9.17) is 61.9 Å². The van der Waals surface area contributed by atoms with Crippen molar-refractivity contribution in [2.75, 3.05) is 145 Å². The Morgan fingerprint density at radius 1 is 0.378 bits per heavy atom. The summed E-state index contributed by atoms with van der Waals surface area (Å²) in [6.45, 7) is 15.2. The monoisotopic (exact) mass is 658 g/mol. The molecule has 0 saturated heterocycles. The first-order chi connectivity index (χ1) is 21.8. The van der Waals surface area contributed by atoms with Crippen molar-refractivity contribution in [1.29, 1.82) is 0 Å². The van der Waals surface area contributed by atoms with E-state index >= 15 is 0 Å². The zero-order valence-electron chi connectivity index (χ0n) is 27.6. The lowest BCUT2D eigenvalue weighted by Crippen LogP contribution is -2.24. The highest BCUT2D eigenvalue weighted by atomic mass is 16.6. The molecule has 0 aliphatic carbocycles. The summed E-state index contributed by atoms with van der Waals surface area (Å²) >= 11 is 0. The standard InChI is InChI=1S/C30H58O15/c1-30(2,3)45-29(33)5-7-35-9-11-37-13-15-39-17-19-41-21-23-43-25-27-44-26-24-42-22-20-40-18-16-38-14-12-36-10-8-34-6-4-28(31)32/h4-27H2,1-3H3,(H,31,32). The number of ether oxygens (including phenoxy) is 12. The number of esters is 1. The van der Waals surface area contributed by atoms with E-state index in [9.17, 15) is 9.59 Å². The van der Waals surface area contributed by atoms with Gasteiger partial charge >= 0.3 is 11.9 Å². The van der Waals surface area contributed by atoms with E-state index in [2.05, 4.69) is 0 Å². The minimum atomic E-state index is -0.877. The molecular weight excluding hydrogens is 600 g/mol. The Hall–Kier alpha value is -1.50. The zero-order valence-corrected chi connectivity index (χ0v) is 27.6. The second-order valence-corrected chi connectivity index (χ2v) is 10.2. The van der Waals surface area contributed by atoms with E-state index in [1.54, 1.807) is 0 Å². The van der Waals surface area contributed by atoms with Crippen LogP contribution in [0.5, 0.6) is 0 Å². The maximum Gasteiger partial charge on any atom is 0.308 e. The Balaban J connectivity index is 3.10. The number of rotatable bonds is 36. The van der Waals surface area contributed by atoms with Crippen LogP contribution in [0.15, 0.2) is 0 Å². The van der Waals surface area contributed by atoms with Crippen molar-refractivity contribution < 1.29 is 71.5 Å². The normalized spacial score (nSPS) is 11.7. The molecule has 0 spiro atoms. The first kappa shape index (κ1) is 43.5. The third-order valence-corrected chi connectivity index (χ3v) is 5.05. The van der Waals surface area contributed by atoms with Crippen LogP contribution < -0.4 is 0 Å². The smallest absolute Gasteiger partial charge is 0.308 e. The maximum absolute atomic E-state index is 11.5. The lowest BCUT2D eigenvalue weighted by Gasteiger charge is -2.19.